The number of nitrogens with one attached hydrogen (secondary N) is 1. The first-order chi connectivity index (χ1) is 10.7. The van der Waals surface area contributed by atoms with Crippen LogP contribution in [-0.4, -0.2) is 23.5 Å². The van der Waals surface area contributed by atoms with E-state index in [1.165, 1.54) is 0 Å². The van der Waals surface area contributed by atoms with Gasteiger partial charge in [-0.2, -0.15) is 0 Å². The molecule has 0 spiro atoms. The smallest absolute Gasteiger partial charge is 0.335 e. The van der Waals surface area contributed by atoms with Crippen molar-refractivity contribution in [1.29, 1.82) is 0 Å². The maximum absolute atomic E-state index is 11.8. The highest BCUT2D eigenvalue weighted by Crippen LogP contribution is 2.06. The Kier molecular flexibility index (Phi) is 7.40. The van der Waals surface area contributed by atoms with Crippen molar-refractivity contribution in [2.24, 2.45) is 0 Å². The molecule has 0 heterocycles. The van der Waals surface area contributed by atoms with Gasteiger partial charge in [0.1, 0.15) is 0 Å². The number of amides is 1. The first kappa shape index (κ1) is 17.4. The van der Waals surface area contributed by atoms with Crippen LogP contribution in [0.15, 0.2) is 54.6 Å². The number of carboxylic acid groups (broad SMARTS) is 1. The van der Waals surface area contributed by atoms with Crippen molar-refractivity contribution < 1.29 is 14.7 Å². The van der Waals surface area contributed by atoms with Crippen LogP contribution in [0.5, 0.6) is 0 Å². The van der Waals surface area contributed by atoms with E-state index >= 15 is 0 Å². The van der Waals surface area contributed by atoms with Crippen LogP contribution in [0.1, 0.15) is 40.1 Å². The molecule has 0 aliphatic carbocycles. The molecule has 2 aromatic carbocycles. The van der Waals surface area contributed by atoms with E-state index in [9.17, 15) is 9.59 Å². The Bertz CT molecular complexity index is 609. The van der Waals surface area contributed by atoms with Gasteiger partial charge in [0.05, 0.1) is 5.56 Å². The Morgan fingerprint density at radius 2 is 1.59 bits per heavy atom. The van der Waals surface area contributed by atoms with Crippen molar-refractivity contribution >= 4 is 11.9 Å². The lowest BCUT2D eigenvalue weighted by molar-refractivity contribution is 0.0696. The van der Waals surface area contributed by atoms with Gasteiger partial charge in [-0.1, -0.05) is 44.2 Å². The highest BCUT2D eigenvalue weighted by Gasteiger charge is 2.05. The van der Waals surface area contributed by atoms with Crippen LogP contribution in [-0.2, 0) is 6.42 Å². The van der Waals surface area contributed by atoms with E-state index in [0.29, 0.717) is 18.5 Å². The topological polar surface area (TPSA) is 66.4 Å². The molecular formula is C18H21NO3. The molecule has 1 amide bonds. The largest absolute Gasteiger partial charge is 0.478 e. The number of carbonyl (C=O) groups is 2. The predicted octanol–water partition coefficient (Wildman–Crippen LogP) is 3.38. The maximum atomic E-state index is 11.8. The van der Waals surface area contributed by atoms with Crippen LogP contribution >= 0.6 is 0 Å². The molecule has 0 saturated carbocycles. The minimum atomic E-state index is -0.944. The van der Waals surface area contributed by atoms with Gasteiger partial charge in [0.15, 0.2) is 0 Å². The Morgan fingerprint density at radius 3 is 2.23 bits per heavy atom. The SMILES string of the molecule is CC.O=C(O)c1cccc(CCNC(=O)c2ccccc2)c1. The summed E-state index contributed by atoms with van der Waals surface area (Å²) < 4.78 is 0. The maximum Gasteiger partial charge on any atom is 0.335 e. The number of rotatable bonds is 5. The fraction of sp³-hybridized carbons (Fsp3) is 0.222. The van der Waals surface area contributed by atoms with Crippen LogP contribution in [0.25, 0.3) is 0 Å². The van der Waals surface area contributed by atoms with Crippen LogP contribution in [0.2, 0.25) is 0 Å². The minimum absolute atomic E-state index is 0.125. The van der Waals surface area contributed by atoms with E-state index in [1.807, 2.05) is 38.1 Å². The third kappa shape index (κ3) is 5.40. The molecule has 0 unspecified atom stereocenters. The second kappa shape index (κ2) is 9.34. The number of aromatic carboxylic acids is 1. The predicted molar refractivity (Wildman–Crippen MR) is 87.2 cm³/mol. The van der Waals surface area contributed by atoms with Crippen molar-refractivity contribution in [3.63, 3.8) is 0 Å². The summed E-state index contributed by atoms with van der Waals surface area (Å²) in [6.45, 7) is 4.47. The standard InChI is InChI=1S/C16H15NO3.C2H6/c18-15(13-6-2-1-3-7-13)17-10-9-12-5-4-8-14(11-12)16(19)20;1-2/h1-8,11H,9-10H2,(H,17,18)(H,19,20);1-2H3. The van der Waals surface area contributed by atoms with Gasteiger partial charge in [-0.05, 0) is 36.2 Å². The molecule has 0 atom stereocenters. The molecule has 0 bridgehead atoms. The van der Waals surface area contributed by atoms with Crippen molar-refractivity contribution in [3.8, 4) is 0 Å². The number of hydrogen-bond donors (Lipinski definition) is 2. The van der Waals surface area contributed by atoms with Crippen molar-refractivity contribution in [2.45, 2.75) is 20.3 Å². The number of benzene rings is 2. The zero-order chi connectivity index (χ0) is 16.4. The lowest BCUT2D eigenvalue weighted by Crippen LogP contribution is -2.25. The number of carboxylic acids is 1. The Hall–Kier alpha value is -2.62. The van der Waals surface area contributed by atoms with Gasteiger partial charge in [0, 0.05) is 12.1 Å². The van der Waals surface area contributed by atoms with Gasteiger partial charge in [-0.15, -0.1) is 0 Å². The fourth-order valence-corrected chi connectivity index (χ4v) is 1.87. The van der Waals surface area contributed by atoms with Crippen molar-refractivity contribution in [3.05, 3.63) is 71.3 Å². The van der Waals surface area contributed by atoms with E-state index in [-0.39, 0.29) is 11.5 Å². The van der Waals surface area contributed by atoms with Gasteiger partial charge < -0.3 is 10.4 Å². The summed E-state index contributed by atoms with van der Waals surface area (Å²) in [6, 6.07) is 15.7. The van der Waals surface area contributed by atoms with E-state index < -0.39 is 5.97 Å². The average Bonchev–Trinajstić information content (AvgIpc) is 2.57. The average molecular weight is 299 g/mol. The van der Waals surface area contributed by atoms with Crippen molar-refractivity contribution in [2.75, 3.05) is 6.54 Å². The van der Waals surface area contributed by atoms with Crippen LogP contribution in [0.4, 0.5) is 0 Å². The van der Waals surface area contributed by atoms with Gasteiger partial charge in [0.25, 0.3) is 5.91 Å². The summed E-state index contributed by atoms with van der Waals surface area (Å²) in [6.07, 6.45) is 0.597. The molecule has 0 saturated heterocycles. The summed E-state index contributed by atoms with van der Waals surface area (Å²) in [4.78, 5) is 22.7. The van der Waals surface area contributed by atoms with E-state index in [0.717, 1.165) is 5.56 Å². The van der Waals surface area contributed by atoms with Crippen molar-refractivity contribution in [1.82, 2.24) is 5.32 Å². The van der Waals surface area contributed by atoms with Crippen LogP contribution in [0.3, 0.4) is 0 Å². The highest BCUT2D eigenvalue weighted by molar-refractivity contribution is 5.94. The monoisotopic (exact) mass is 299 g/mol. The number of carbonyl (C=O) groups excluding carboxylic acids is 1. The summed E-state index contributed by atoms with van der Waals surface area (Å²) >= 11 is 0. The zero-order valence-electron chi connectivity index (χ0n) is 12.9. The number of hydrogen-bond acceptors (Lipinski definition) is 2. The Morgan fingerprint density at radius 1 is 0.955 bits per heavy atom. The molecular weight excluding hydrogens is 278 g/mol. The first-order valence-electron chi connectivity index (χ1n) is 7.32. The third-order valence-electron chi connectivity index (χ3n) is 2.91. The van der Waals surface area contributed by atoms with Crippen LogP contribution in [0, 0.1) is 0 Å². The van der Waals surface area contributed by atoms with Crippen LogP contribution < -0.4 is 5.32 Å². The normalized spacial score (nSPS) is 9.36. The summed E-state index contributed by atoms with van der Waals surface area (Å²) in [7, 11) is 0. The molecule has 4 nitrogen and oxygen atoms in total. The van der Waals surface area contributed by atoms with E-state index in [1.54, 1.807) is 30.3 Å². The Balaban J connectivity index is 0.00000116. The lowest BCUT2D eigenvalue weighted by Gasteiger charge is -2.06. The fourth-order valence-electron chi connectivity index (χ4n) is 1.87. The molecule has 0 aliphatic heterocycles. The molecule has 4 heteroatoms. The summed E-state index contributed by atoms with van der Waals surface area (Å²) in [5.41, 5.74) is 1.77. The second-order valence-electron chi connectivity index (χ2n) is 4.38. The quantitative estimate of drug-likeness (QED) is 0.889. The first-order valence-corrected chi connectivity index (χ1v) is 7.32. The molecule has 22 heavy (non-hydrogen) atoms. The molecule has 0 fully saturated rings. The summed E-state index contributed by atoms with van der Waals surface area (Å²) in [5, 5.41) is 11.7. The van der Waals surface area contributed by atoms with Gasteiger partial charge in [-0.3, -0.25) is 4.79 Å². The molecule has 2 N–H and O–H groups in total. The molecule has 2 rings (SSSR count). The Labute approximate surface area is 130 Å². The molecule has 0 aliphatic rings. The third-order valence-corrected chi connectivity index (χ3v) is 2.91. The highest BCUT2D eigenvalue weighted by atomic mass is 16.4. The summed E-state index contributed by atoms with van der Waals surface area (Å²) in [5.74, 6) is -1.07. The van der Waals surface area contributed by atoms with Gasteiger partial charge in [0.2, 0.25) is 0 Å². The molecule has 0 radical (unpaired) electrons. The van der Waals surface area contributed by atoms with Gasteiger partial charge >= 0.3 is 5.97 Å². The van der Waals surface area contributed by atoms with E-state index in [4.69, 9.17) is 5.11 Å². The zero-order valence-corrected chi connectivity index (χ0v) is 12.9. The second-order valence-corrected chi connectivity index (χ2v) is 4.38. The van der Waals surface area contributed by atoms with Gasteiger partial charge in [-0.25, -0.2) is 4.79 Å². The lowest BCUT2D eigenvalue weighted by atomic mass is 10.1. The molecule has 0 aromatic heterocycles. The minimum Gasteiger partial charge on any atom is -0.478 e. The van der Waals surface area contributed by atoms with E-state index in [2.05, 4.69) is 5.32 Å². The molecule has 116 valence electrons. The molecule has 2 aromatic rings.